The Morgan fingerprint density at radius 3 is 2.91 bits per heavy atom. The van der Waals surface area contributed by atoms with Gasteiger partial charge in [-0.1, -0.05) is 11.6 Å². The van der Waals surface area contributed by atoms with E-state index < -0.39 is 0 Å². The molecule has 1 amide bonds. The Morgan fingerprint density at radius 1 is 1.39 bits per heavy atom. The lowest BCUT2D eigenvalue weighted by Gasteiger charge is -2.06. The van der Waals surface area contributed by atoms with Crippen molar-refractivity contribution in [2.75, 3.05) is 5.32 Å². The molecule has 23 heavy (non-hydrogen) atoms. The second-order valence-corrected chi connectivity index (χ2v) is 7.03. The molecule has 7 heteroatoms. The van der Waals surface area contributed by atoms with Gasteiger partial charge in [-0.15, -0.1) is 11.3 Å². The second-order valence-electron chi connectivity index (χ2n) is 5.28. The standard InChI is InChI=1S/C16H15ClN4OS/c1-10(2)21-16-11(8-19-21)7-12(9-18-16)20-15(22)6-4-13-3-5-14(17)23-13/h3-10H,1-2H3,(H,20,22). The molecule has 3 heterocycles. The van der Waals surface area contributed by atoms with Crippen LogP contribution in [0.1, 0.15) is 24.8 Å². The van der Waals surface area contributed by atoms with Crippen LogP contribution in [0.5, 0.6) is 0 Å². The van der Waals surface area contributed by atoms with E-state index in [1.165, 1.54) is 17.4 Å². The van der Waals surface area contributed by atoms with Crippen molar-refractivity contribution < 1.29 is 4.79 Å². The summed E-state index contributed by atoms with van der Waals surface area (Å²) in [6, 6.07) is 5.77. The number of hydrogen-bond acceptors (Lipinski definition) is 4. The number of nitrogens with one attached hydrogen (secondary N) is 1. The molecule has 0 aromatic carbocycles. The fraction of sp³-hybridized carbons (Fsp3) is 0.188. The van der Waals surface area contributed by atoms with Crippen LogP contribution >= 0.6 is 22.9 Å². The maximum atomic E-state index is 12.0. The maximum absolute atomic E-state index is 12.0. The van der Waals surface area contributed by atoms with Gasteiger partial charge in [-0.3, -0.25) is 4.79 Å². The van der Waals surface area contributed by atoms with Crippen molar-refractivity contribution in [3.05, 3.63) is 45.9 Å². The number of carbonyl (C=O) groups excluding carboxylic acids is 1. The molecule has 0 atom stereocenters. The van der Waals surface area contributed by atoms with Crippen LogP contribution in [0, 0.1) is 0 Å². The number of pyridine rings is 1. The van der Waals surface area contributed by atoms with Crippen molar-refractivity contribution in [1.82, 2.24) is 14.8 Å². The van der Waals surface area contributed by atoms with E-state index in [4.69, 9.17) is 11.6 Å². The Kier molecular flexibility index (Phi) is 4.45. The van der Waals surface area contributed by atoms with Crippen molar-refractivity contribution in [3.8, 4) is 0 Å². The highest BCUT2D eigenvalue weighted by Gasteiger charge is 2.08. The van der Waals surface area contributed by atoms with E-state index in [1.54, 1.807) is 24.5 Å². The second kappa shape index (κ2) is 6.52. The van der Waals surface area contributed by atoms with E-state index in [9.17, 15) is 4.79 Å². The molecule has 0 aliphatic carbocycles. The van der Waals surface area contributed by atoms with Crippen LogP contribution in [0.15, 0.2) is 36.7 Å². The number of rotatable bonds is 4. The van der Waals surface area contributed by atoms with Gasteiger partial charge in [0.05, 0.1) is 22.4 Å². The number of halogens is 1. The number of aromatic nitrogens is 3. The Labute approximate surface area is 142 Å². The number of anilines is 1. The van der Waals surface area contributed by atoms with Crippen LogP contribution in [0.25, 0.3) is 17.1 Å². The zero-order valence-electron chi connectivity index (χ0n) is 12.7. The smallest absolute Gasteiger partial charge is 0.248 e. The van der Waals surface area contributed by atoms with Crippen molar-refractivity contribution in [1.29, 1.82) is 0 Å². The predicted molar refractivity (Wildman–Crippen MR) is 94.9 cm³/mol. The van der Waals surface area contributed by atoms with Gasteiger partial charge in [-0.2, -0.15) is 5.10 Å². The van der Waals surface area contributed by atoms with Crippen LogP contribution in [0.4, 0.5) is 5.69 Å². The highest BCUT2D eigenvalue weighted by molar-refractivity contribution is 7.17. The average Bonchev–Trinajstić information content (AvgIpc) is 3.10. The van der Waals surface area contributed by atoms with E-state index in [-0.39, 0.29) is 11.9 Å². The molecule has 118 valence electrons. The molecule has 0 spiro atoms. The Balaban J connectivity index is 1.73. The van der Waals surface area contributed by atoms with Gasteiger partial charge in [0.1, 0.15) is 0 Å². The van der Waals surface area contributed by atoms with Crippen LogP contribution in [0.3, 0.4) is 0 Å². The van der Waals surface area contributed by atoms with Crippen molar-refractivity contribution in [2.24, 2.45) is 0 Å². The molecule has 5 nitrogen and oxygen atoms in total. The normalized spacial score (nSPS) is 11.7. The summed E-state index contributed by atoms with van der Waals surface area (Å²) in [5, 5.41) is 8.00. The van der Waals surface area contributed by atoms with Gasteiger partial charge in [-0.05, 0) is 38.1 Å². The third-order valence-electron chi connectivity index (χ3n) is 3.18. The average molecular weight is 347 g/mol. The minimum atomic E-state index is -0.216. The first-order valence-corrected chi connectivity index (χ1v) is 8.30. The van der Waals surface area contributed by atoms with Crippen LogP contribution in [-0.2, 0) is 4.79 Å². The minimum absolute atomic E-state index is 0.216. The summed E-state index contributed by atoms with van der Waals surface area (Å²) in [5.74, 6) is -0.216. The summed E-state index contributed by atoms with van der Waals surface area (Å²) in [5.41, 5.74) is 1.45. The zero-order valence-corrected chi connectivity index (χ0v) is 14.2. The Morgan fingerprint density at radius 2 is 2.22 bits per heavy atom. The molecule has 3 rings (SSSR count). The molecule has 3 aromatic rings. The third kappa shape index (κ3) is 3.60. The lowest BCUT2D eigenvalue weighted by Crippen LogP contribution is -2.08. The first kappa shape index (κ1) is 15.7. The maximum Gasteiger partial charge on any atom is 0.248 e. The first-order chi connectivity index (χ1) is 11.0. The first-order valence-electron chi connectivity index (χ1n) is 7.10. The molecule has 1 N–H and O–H groups in total. The monoisotopic (exact) mass is 346 g/mol. The minimum Gasteiger partial charge on any atom is -0.321 e. The number of nitrogens with zero attached hydrogens (tertiary/aromatic N) is 3. The Bertz CT molecular complexity index is 881. The van der Waals surface area contributed by atoms with E-state index in [0.29, 0.717) is 10.0 Å². The van der Waals surface area contributed by atoms with Gasteiger partial charge in [-0.25, -0.2) is 9.67 Å². The lowest BCUT2D eigenvalue weighted by atomic mass is 10.3. The fourth-order valence-corrected chi connectivity index (χ4v) is 3.11. The van der Waals surface area contributed by atoms with Crippen molar-refractivity contribution >= 4 is 51.6 Å². The summed E-state index contributed by atoms with van der Waals surface area (Å²) in [6.45, 7) is 4.09. The van der Waals surface area contributed by atoms with Gasteiger partial charge in [0.25, 0.3) is 0 Å². The molecule has 0 saturated carbocycles. The van der Waals surface area contributed by atoms with E-state index >= 15 is 0 Å². The van der Waals surface area contributed by atoms with E-state index in [1.807, 2.05) is 30.7 Å². The molecule has 0 radical (unpaired) electrons. The zero-order chi connectivity index (χ0) is 16.4. The third-order valence-corrected chi connectivity index (χ3v) is 4.38. The molecular formula is C16H15ClN4OS. The molecule has 0 saturated heterocycles. The molecule has 0 aliphatic heterocycles. The van der Waals surface area contributed by atoms with Gasteiger partial charge >= 0.3 is 0 Å². The van der Waals surface area contributed by atoms with Gasteiger partial charge < -0.3 is 5.32 Å². The number of thiophene rings is 1. The van der Waals surface area contributed by atoms with Crippen molar-refractivity contribution in [3.63, 3.8) is 0 Å². The van der Waals surface area contributed by atoms with Crippen LogP contribution < -0.4 is 5.32 Å². The van der Waals surface area contributed by atoms with Gasteiger partial charge in [0, 0.05) is 22.4 Å². The Hall–Kier alpha value is -2.18. The number of carbonyl (C=O) groups is 1. The summed E-state index contributed by atoms with van der Waals surface area (Å²) < 4.78 is 2.54. The summed E-state index contributed by atoms with van der Waals surface area (Å²) >= 11 is 7.27. The number of amides is 1. The fourth-order valence-electron chi connectivity index (χ4n) is 2.15. The molecule has 0 unspecified atom stereocenters. The number of hydrogen-bond donors (Lipinski definition) is 1. The topological polar surface area (TPSA) is 59.8 Å². The molecule has 0 bridgehead atoms. The SMILES string of the molecule is CC(C)n1ncc2cc(NC(=O)C=Cc3ccc(Cl)s3)cnc21. The highest BCUT2D eigenvalue weighted by Crippen LogP contribution is 2.22. The highest BCUT2D eigenvalue weighted by atomic mass is 35.5. The summed E-state index contributed by atoms with van der Waals surface area (Å²) in [6.07, 6.45) is 6.59. The molecule has 0 aliphatic rings. The molecule has 3 aromatic heterocycles. The molecule has 0 fully saturated rings. The molecular weight excluding hydrogens is 332 g/mol. The summed E-state index contributed by atoms with van der Waals surface area (Å²) in [4.78, 5) is 17.3. The number of fused-ring (bicyclic) bond motifs is 1. The van der Waals surface area contributed by atoms with Crippen LogP contribution in [0.2, 0.25) is 4.34 Å². The van der Waals surface area contributed by atoms with Gasteiger partial charge in [0.2, 0.25) is 5.91 Å². The van der Waals surface area contributed by atoms with Crippen molar-refractivity contribution in [2.45, 2.75) is 19.9 Å². The van der Waals surface area contributed by atoms with Gasteiger partial charge in [0.15, 0.2) is 5.65 Å². The van der Waals surface area contributed by atoms with E-state index in [0.717, 1.165) is 15.9 Å². The largest absolute Gasteiger partial charge is 0.321 e. The predicted octanol–water partition coefficient (Wildman–Crippen LogP) is 4.38. The summed E-state index contributed by atoms with van der Waals surface area (Å²) in [7, 11) is 0. The lowest BCUT2D eigenvalue weighted by molar-refractivity contribution is -0.111. The van der Waals surface area contributed by atoms with E-state index in [2.05, 4.69) is 15.4 Å². The van der Waals surface area contributed by atoms with Crippen LogP contribution in [-0.4, -0.2) is 20.7 Å². The quantitative estimate of drug-likeness (QED) is 0.713.